The van der Waals surface area contributed by atoms with Crippen molar-refractivity contribution in [2.45, 2.75) is 44.5 Å². The van der Waals surface area contributed by atoms with Gasteiger partial charge in [0.15, 0.2) is 0 Å². The van der Waals surface area contributed by atoms with E-state index in [4.69, 9.17) is 0 Å². The molecular weight excluding hydrogens is 326 g/mol. The molecule has 1 N–H and O–H groups in total. The molecule has 7 nitrogen and oxygen atoms in total. The van der Waals surface area contributed by atoms with E-state index in [9.17, 15) is 8.42 Å². The number of sulfonamides is 1. The molecule has 0 spiro atoms. The molecule has 0 unspecified atom stereocenters. The van der Waals surface area contributed by atoms with Gasteiger partial charge in [-0.1, -0.05) is 37.3 Å². The van der Waals surface area contributed by atoms with Crippen molar-refractivity contribution in [3.05, 3.63) is 47.5 Å². The van der Waals surface area contributed by atoms with E-state index in [0.717, 1.165) is 12.0 Å². The molecule has 24 heavy (non-hydrogen) atoms. The predicted molar refractivity (Wildman–Crippen MR) is 92.9 cm³/mol. The van der Waals surface area contributed by atoms with Crippen LogP contribution in [0.3, 0.4) is 0 Å². The number of nitrogens with zero attached hydrogens (tertiary/aromatic N) is 4. The second-order valence-corrected chi connectivity index (χ2v) is 8.41. The summed E-state index contributed by atoms with van der Waals surface area (Å²) in [6.45, 7) is 7.60. The Morgan fingerprint density at radius 3 is 2.25 bits per heavy atom. The van der Waals surface area contributed by atoms with Gasteiger partial charge in [0.05, 0.1) is 0 Å². The van der Waals surface area contributed by atoms with Crippen LogP contribution < -0.4 is 4.72 Å². The van der Waals surface area contributed by atoms with Gasteiger partial charge in [0.1, 0.15) is 4.75 Å². The molecule has 0 amide bonds. The van der Waals surface area contributed by atoms with E-state index in [2.05, 4.69) is 25.4 Å². The predicted octanol–water partition coefficient (Wildman–Crippen LogP) is 3.81. The second-order valence-electron chi connectivity index (χ2n) is 6.09. The third-order valence-corrected chi connectivity index (χ3v) is 6.22. The molecule has 0 bridgehead atoms. The van der Waals surface area contributed by atoms with E-state index in [1.165, 1.54) is 0 Å². The summed E-state index contributed by atoms with van der Waals surface area (Å²) in [4.78, 5) is 0. The fourth-order valence-corrected chi connectivity index (χ4v) is 3.68. The number of hydrogen-bond donors (Lipinski definition) is 1. The lowest BCUT2D eigenvalue weighted by Gasteiger charge is -2.26. The molecule has 0 radical (unpaired) electrons. The minimum absolute atomic E-state index is 0.426. The molecule has 1 aliphatic rings. The molecule has 130 valence electrons. The van der Waals surface area contributed by atoms with Gasteiger partial charge in [0, 0.05) is 12.1 Å². The van der Waals surface area contributed by atoms with Crippen molar-refractivity contribution in [2.24, 2.45) is 20.7 Å². The first-order chi connectivity index (χ1) is 11.3. The average molecular weight is 349 g/mol. The molecule has 2 rings (SSSR count). The number of benzene rings is 1. The summed E-state index contributed by atoms with van der Waals surface area (Å²) in [7, 11) is -3.48. The first-order valence-corrected chi connectivity index (χ1v) is 9.35. The summed E-state index contributed by atoms with van der Waals surface area (Å²) in [6.07, 6.45) is 4.38. The van der Waals surface area contributed by atoms with Crippen LogP contribution in [0.25, 0.3) is 0 Å². The smallest absolute Gasteiger partial charge is 0.214 e. The Morgan fingerprint density at radius 1 is 1.17 bits per heavy atom. The number of nitrogens with one attached hydrogen (secondary N) is 1. The quantitative estimate of drug-likeness (QED) is 0.757. The molecule has 0 saturated carbocycles. The maximum atomic E-state index is 12.5. The highest BCUT2D eigenvalue weighted by Gasteiger charge is 2.37. The van der Waals surface area contributed by atoms with Gasteiger partial charge in [0.2, 0.25) is 15.7 Å². The van der Waals surface area contributed by atoms with Gasteiger partial charge in [-0.05, 0) is 49.3 Å². The Kier molecular flexibility index (Phi) is 5.29. The molecule has 1 aromatic rings. The lowest BCUT2D eigenvalue weighted by Crippen LogP contribution is -2.40. The van der Waals surface area contributed by atoms with E-state index >= 15 is 0 Å². The lowest BCUT2D eigenvalue weighted by atomic mass is 9.95. The van der Waals surface area contributed by atoms with Crippen molar-refractivity contribution in [3.63, 3.8) is 0 Å². The molecule has 8 heteroatoms. The Balaban J connectivity index is 2.35. The molecule has 0 saturated heterocycles. The number of rotatable bonds is 7. The molecule has 1 heterocycles. The van der Waals surface area contributed by atoms with Gasteiger partial charge in [-0.2, -0.15) is 0 Å². The zero-order valence-corrected chi connectivity index (χ0v) is 15.2. The Morgan fingerprint density at radius 2 is 1.75 bits per heavy atom. The minimum Gasteiger partial charge on any atom is -0.214 e. The largest absolute Gasteiger partial charge is 0.238 e. The molecule has 0 aliphatic carbocycles. The third kappa shape index (κ3) is 3.29. The molecule has 1 aliphatic heterocycles. The SMILES string of the molecule is CC=CC1(c2ccc(C(C)(C)S(=O)(=O)NCCC)cc2)N=NN=N1. The van der Waals surface area contributed by atoms with Crippen LogP contribution in [0, 0.1) is 0 Å². The average Bonchev–Trinajstić information content (AvgIpc) is 3.03. The summed E-state index contributed by atoms with van der Waals surface area (Å²) in [5.74, 6) is 0. The molecule has 0 aromatic heterocycles. The van der Waals surface area contributed by atoms with Crippen LogP contribution in [0.4, 0.5) is 0 Å². The highest BCUT2D eigenvalue weighted by atomic mass is 32.2. The van der Waals surface area contributed by atoms with E-state index in [1.807, 2.05) is 32.1 Å². The van der Waals surface area contributed by atoms with E-state index in [1.54, 1.807) is 32.1 Å². The lowest BCUT2D eigenvalue weighted by molar-refractivity contribution is 0.538. The Labute approximate surface area is 143 Å². The van der Waals surface area contributed by atoms with Crippen molar-refractivity contribution in [1.29, 1.82) is 0 Å². The van der Waals surface area contributed by atoms with Crippen LogP contribution in [-0.4, -0.2) is 15.0 Å². The monoisotopic (exact) mass is 349 g/mol. The van der Waals surface area contributed by atoms with Crippen molar-refractivity contribution < 1.29 is 8.42 Å². The van der Waals surface area contributed by atoms with E-state index < -0.39 is 20.4 Å². The molecular formula is C16H23N5O2S. The van der Waals surface area contributed by atoms with E-state index in [-0.39, 0.29) is 0 Å². The summed E-state index contributed by atoms with van der Waals surface area (Å²) in [5.41, 5.74) is 0.526. The first-order valence-electron chi connectivity index (χ1n) is 7.87. The topological polar surface area (TPSA) is 95.6 Å². The van der Waals surface area contributed by atoms with Crippen molar-refractivity contribution in [2.75, 3.05) is 6.54 Å². The molecule has 0 atom stereocenters. The van der Waals surface area contributed by atoms with Crippen molar-refractivity contribution in [1.82, 2.24) is 4.72 Å². The van der Waals surface area contributed by atoms with Crippen molar-refractivity contribution >= 4 is 10.0 Å². The maximum absolute atomic E-state index is 12.5. The summed E-state index contributed by atoms with van der Waals surface area (Å²) in [5, 5.41) is 15.4. The number of hydrogen-bond acceptors (Lipinski definition) is 6. The van der Waals surface area contributed by atoms with Crippen molar-refractivity contribution in [3.8, 4) is 0 Å². The van der Waals surface area contributed by atoms with Gasteiger partial charge < -0.3 is 0 Å². The fourth-order valence-electron chi connectivity index (χ4n) is 2.40. The maximum Gasteiger partial charge on any atom is 0.238 e. The minimum atomic E-state index is -3.48. The van der Waals surface area contributed by atoms with Gasteiger partial charge in [-0.25, -0.2) is 13.1 Å². The fraction of sp³-hybridized carbons (Fsp3) is 0.500. The summed E-state index contributed by atoms with van der Waals surface area (Å²) >= 11 is 0. The first kappa shape index (κ1) is 18.4. The van der Waals surface area contributed by atoms with Crippen LogP contribution in [0.15, 0.2) is 57.1 Å². The van der Waals surface area contributed by atoms with Crippen LogP contribution in [-0.2, 0) is 20.4 Å². The highest BCUT2D eigenvalue weighted by Crippen LogP contribution is 2.36. The summed E-state index contributed by atoms with van der Waals surface area (Å²) in [6, 6.07) is 7.20. The second kappa shape index (κ2) is 6.90. The molecule has 0 fully saturated rings. The van der Waals surface area contributed by atoms with Gasteiger partial charge in [-0.15, -0.1) is 10.2 Å². The Bertz CT molecular complexity index is 752. The van der Waals surface area contributed by atoms with Gasteiger partial charge >= 0.3 is 0 Å². The van der Waals surface area contributed by atoms with E-state index in [0.29, 0.717) is 12.1 Å². The normalized spacial score (nSPS) is 17.0. The highest BCUT2D eigenvalue weighted by molar-refractivity contribution is 7.90. The van der Waals surface area contributed by atoms with Crippen LogP contribution in [0.2, 0.25) is 0 Å². The zero-order chi connectivity index (χ0) is 17.8. The number of allylic oxidation sites excluding steroid dienone is 1. The van der Waals surface area contributed by atoms with Gasteiger partial charge in [0.25, 0.3) is 0 Å². The Hall–Kier alpha value is -1.93. The van der Waals surface area contributed by atoms with Crippen LogP contribution in [0.5, 0.6) is 0 Å². The zero-order valence-electron chi connectivity index (χ0n) is 14.4. The summed E-state index contributed by atoms with van der Waals surface area (Å²) < 4.78 is 26.6. The van der Waals surface area contributed by atoms with Crippen LogP contribution >= 0.6 is 0 Å². The molecule has 1 aromatic carbocycles. The van der Waals surface area contributed by atoms with Crippen LogP contribution in [0.1, 0.15) is 45.2 Å². The van der Waals surface area contributed by atoms with Gasteiger partial charge in [-0.3, -0.25) is 0 Å². The standard InChI is InChI=1S/C16H23N5O2S/c1-5-11-16(18-20-21-19-16)14-9-7-13(8-10-14)15(3,4)24(22,23)17-12-6-2/h5,7-11,17H,6,12H2,1-4H3. The third-order valence-electron chi connectivity index (χ3n) is 4.05.